The number of hydrogen-bond donors (Lipinski definition) is 2. The molecule has 84 valence electrons. The van der Waals surface area contributed by atoms with E-state index < -0.39 is 0 Å². The lowest BCUT2D eigenvalue weighted by atomic mass is 10.3. The third kappa shape index (κ3) is 4.32. The van der Waals surface area contributed by atoms with Crippen molar-refractivity contribution in [3.05, 3.63) is 20.8 Å². The molecule has 5 heteroatoms. The van der Waals surface area contributed by atoms with E-state index in [1.54, 1.807) is 11.3 Å². The van der Waals surface area contributed by atoms with Crippen LogP contribution in [0, 0.1) is 0 Å². The first-order valence-electron chi connectivity index (χ1n) is 4.88. The largest absolute Gasteiger partial charge is 0.355 e. The maximum Gasteiger partial charge on any atom is 0.236 e. The summed E-state index contributed by atoms with van der Waals surface area (Å²) in [6, 6.07) is 3.91. The highest BCUT2D eigenvalue weighted by atomic mass is 79.9. The highest BCUT2D eigenvalue weighted by molar-refractivity contribution is 9.11. The molecule has 1 aromatic heterocycles. The van der Waals surface area contributed by atoms with E-state index in [1.807, 2.05) is 26.0 Å². The number of carbonyl (C=O) groups is 1. The summed E-state index contributed by atoms with van der Waals surface area (Å²) < 4.78 is 1.12. The van der Waals surface area contributed by atoms with Crippen molar-refractivity contribution in [2.45, 2.75) is 26.4 Å². The molecule has 0 saturated heterocycles. The Morgan fingerprint density at radius 1 is 1.60 bits per heavy atom. The molecule has 1 rings (SSSR count). The van der Waals surface area contributed by atoms with Crippen LogP contribution in [-0.4, -0.2) is 18.5 Å². The first kappa shape index (κ1) is 12.7. The summed E-state index contributed by atoms with van der Waals surface area (Å²) in [5, 5.41) is 5.95. The molecule has 0 saturated carbocycles. The highest BCUT2D eigenvalue weighted by Gasteiger charge is 2.10. The number of halogens is 1. The van der Waals surface area contributed by atoms with Crippen molar-refractivity contribution in [3.63, 3.8) is 0 Å². The van der Waals surface area contributed by atoms with Crippen molar-refractivity contribution >= 4 is 33.2 Å². The lowest BCUT2D eigenvalue weighted by Crippen LogP contribution is -2.41. The van der Waals surface area contributed by atoms with Crippen LogP contribution in [0.15, 0.2) is 15.9 Å². The van der Waals surface area contributed by atoms with Gasteiger partial charge in [0.25, 0.3) is 0 Å². The van der Waals surface area contributed by atoms with Crippen LogP contribution in [0.4, 0.5) is 0 Å². The summed E-state index contributed by atoms with van der Waals surface area (Å²) in [6.45, 7) is 5.19. The first-order valence-corrected chi connectivity index (χ1v) is 6.49. The van der Waals surface area contributed by atoms with Crippen LogP contribution in [0.5, 0.6) is 0 Å². The Kier molecular flexibility index (Phi) is 5.28. The van der Waals surface area contributed by atoms with Crippen LogP contribution in [0.3, 0.4) is 0 Å². The monoisotopic (exact) mass is 290 g/mol. The maximum atomic E-state index is 11.4. The molecule has 2 N–H and O–H groups in total. The molecular weight excluding hydrogens is 276 g/mol. The quantitative estimate of drug-likeness (QED) is 0.872. The van der Waals surface area contributed by atoms with Gasteiger partial charge in [0.15, 0.2) is 0 Å². The summed E-state index contributed by atoms with van der Waals surface area (Å²) >= 11 is 5.08. The van der Waals surface area contributed by atoms with E-state index in [-0.39, 0.29) is 11.9 Å². The van der Waals surface area contributed by atoms with Crippen LogP contribution in [0.2, 0.25) is 0 Å². The number of hydrogen-bond acceptors (Lipinski definition) is 3. The molecule has 1 atom stereocenters. The van der Waals surface area contributed by atoms with E-state index >= 15 is 0 Å². The second-order valence-electron chi connectivity index (χ2n) is 3.20. The number of amides is 1. The zero-order chi connectivity index (χ0) is 11.3. The van der Waals surface area contributed by atoms with Crippen LogP contribution in [-0.2, 0) is 11.3 Å². The van der Waals surface area contributed by atoms with Gasteiger partial charge in [0.2, 0.25) is 5.91 Å². The van der Waals surface area contributed by atoms with Crippen molar-refractivity contribution < 1.29 is 4.79 Å². The average molecular weight is 291 g/mol. The fourth-order valence-electron chi connectivity index (χ4n) is 1.12. The molecule has 0 spiro atoms. The fraction of sp³-hybridized carbons (Fsp3) is 0.500. The van der Waals surface area contributed by atoms with Crippen LogP contribution in [0.25, 0.3) is 0 Å². The smallest absolute Gasteiger partial charge is 0.236 e. The van der Waals surface area contributed by atoms with Gasteiger partial charge in [-0.1, -0.05) is 0 Å². The molecule has 0 radical (unpaired) electrons. The van der Waals surface area contributed by atoms with Crippen LogP contribution < -0.4 is 10.6 Å². The van der Waals surface area contributed by atoms with E-state index in [9.17, 15) is 4.79 Å². The lowest BCUT2D eigenvalue weighted by molar-refractivity contribution is -0.122. The molecule has 3 nitrogen and oxygen atoms in total. The minimum absolute atomic E-state index is 0.0492. The van der Waals surface area contributed by atoms with Gasteiger partial charge >= 0.3 is 0 Å². The van der Waals surface area contributed by atoms with E-state index in [4.69, 9.17) is 0 Å². The summed E-state index contributed by atoms with van der Waals surface area (Å²) in [4.78, 5) is 12.6. The summed E-state index contributed by atoms with van der Waals surface area (Å²) in [7, 11) is 0. The molecule has 0 bridgehead atoms. The predicted molar refractivity (Wildman–Crippen MR) is 67.0 cm³/mol. The van der Waals surface area contributed by atoms with E-state index in [0.717, 1.165) is 10.3 Å². The predicted octanol–water partition coefficient (Wildman–Crippen LogP) is 2.12. The van der Waals surface area contributed by atoms with Gasteiger partial charge in [0.1, 0.15) is 0 Å². The number of carbonyl (C=O) groups excluding carboxylic acids is 1. The van der Waals surface area contributed by atoms with Crippen molar-refractivity contribution in [1.29, 1.82) is 0 Å². The van der Waals surface area contributed by atoms with Crippen molar-refractivity contribution in [2.24, 2.45) is 0 Å². The summed E-state index contributed by atoms with van der Waals surface area (Å²) in [5.41, 5.74) is 0. The van der Waals surface area contributed by atoms with Gasteiger partial charge in [-0.15, -0.1) is 11.3 Å². The summed E-state index contributed by atoms with van der Waals surface area (Å²) in [6.07, 6.45) is 0. The molecule has 1 amide bonds. The Balaban J connectivity index is 2.33. The molecule has 0 aliphatic carbocycles. The fourth-order valence-corrected chi connectivity index (χ4v) is 2.55. The molecular formula is C10H15BrN2OS. The van der Waals surface area contributed by atoms with Crippen LogP contribution >= 0.6 is 27.3 Å². The van der Waals surface area contributed by atoms with Gasteiger partial charge < -0.3 is 10.6 Å². The summed E-state index contributed by atoms with van der Waals surface area (Å²) in [5.74, 6) is 0.0492. The molecule has 0 aromatic carbocycles. The lowest BCUT2D eigenvalue weighted by Gasteiger charge is -2.12. The van der Waals surface area contributed by atoms with E-state index in [2.05, 4.69) is 26.6 Å². The first-order chi connectivity index (χ1) is 7.13. The standard InChI is InChI=1S/C10H15BrN2OS/c1-3-12-10(14)7(2)13-6-8-4-5-9(11)15-8/h4-5,7,13H,3,6H2,1-2H3,(H,12,14). The van der Waals surface area contributed by atoms with Crippen LogP contribution in [0.1, 0.15) is 18.7 Å². The molecule has 1 aromatic rings. The van der Waals surface area contributed by atoms with Gasteiger partial charge in [-0.2, -0.15) is 0 Å². The van der Waals surface area contributed by atoms with Gasteiger partial charge in [-0.25, -0.2) is 0 Å². The third-order valence-electron chi connectivity index (χ3n) is 1.96. The number of likely N-dealkylation sites (N-methyl/N-ethyl adjacent to an activating group) is 1. The van der Waals surface area contributed by atoms with Crippen molar-refractivity contribution in [3.8, 4) is 0 Å². The van der Waals surface area contributed by atoms with Crippen molar-refractivity contribution in [1.82, 2.24) is 10.6 Å². The second-order valence-corrected chi connectivity index (χ2v) is 5.75. The Morgan fingerprint density at radius 2 is 2.33 bits per heavy atom. The minimum Gasteiger partial charge on any atom is -0.355 e. The van der Waals surface area contributed by atoms with E-state index in [1.165, 1.54) is 4.88 Å². The number of thiophene rings is 1. The number of nitrogens with one attached hydrogen (secondary N) is 2. The highest BCUT2D eigenvalue weighted by Crippen LogP contribution is 2.21. The van der Waals surface area contributed by atoms with Crippen molar-refractivity contribution in [2.75, 3.05) is 6.54 Å². The molecule has 0 aliphatic heterocycles. The molecule has 15 heavy (non-hydrogen) atoms. The van der Waals surface area contributed by atoms with Gasteiger partial charge in [-0.3, -0.25) is 4.79 Å². The zero-order valence-corrected chi connectivity index (χ0v) is 11.2. The van der Waals surface area contributed by atoms with E-state index in [0.29, 0.717) is 6.54 Å². The SMILES string of the molecule is CCNC(=O)C(C)NCc1ccc(Br)s1. The Bertz CT molecular complexity index is 327. The average Bonchev–Trinajstić information content (AvgIpc) is 2.61. The molecule has 0 aliphatic rings. The van der Waals surface area contributed by atoms with Gasteiger partial charge in [-0.05, 0) is 41.9 Å². The minimum atomic E-state index is -0.147. The number of rotatable bonds is 5. The van der Waals surface area contributed by atoms with Gasteiger partial charge in [0.05, 0.1) is 9.83 Å². The van der Waals surface area contributed by atoms with Gasteiger partial charge in [0, 0.05) is 18.0 Å². The Hall–Kier alpha value is -0.390. The second kappa shape index (κ2) is 6.25. The molecule has 0 fully saturated rings. The third-order valence-corrected chi connectivity index (χ3v) is 3.58. The maximum absolute atomic E-state index is 11.4. The Morgan fingerprint density at radius 3 is 2.87 bits per heavy atom. The Labute approximate surface area is 102 Å². The normalized spacial score (nSPS) is 12.5. The molecule has 1 heterocycles. The topological polar surface area (TPSA) is 41.1 Å². The molecule has 1 unspecified atom stereocenters. The zero-order valence-electron chi connectivity index (χ0n) is 8.84.